The van der Waals surface area contributed by atoms with Gasteiger partial charge in [0.25, 0.3) is 0 Å². The van der Waals surface area contributed by atoms with Crippen molar-refractivity contribution in [2.45, 2.75) is 87.9 Å². The predicted octanol–water partition coefficient (Wildman–Crippen LogP) is 3.28. The van der Waals surface area contributed by atoms with Crippen molar-refractivity contribution in [3.05, 3.63) is 0 Å². The fourth-order valence-electron chi connectivity index (χ4n) is 4.52. The zero-order valence-corrected chi connectivity index (χ0v) is 30.4. The monoisotopic (exact) mass is 616 g/mol. The maximum absolute atomic E-state index is 5.58. The summed E-state index contributed by atoms with van der Waals surface area (Å²) in [5.74, 6) is 0.396. The molecule has 0 aliphatic rings. The first-order valence-corrected chi connectivity index (χ1v) is 22.4. The molecule has 0 radical (unpaired) electrons. The maximum atomic E-state index is 5.58. The van der Waals surface area contributed by atoms with Crippen LogP contribution in [0.2, 0.25) is 30.7 Å². The summed E-state index contributed by atoms with van der Waals surface area (Å²) in [7, 11) is 6.33. The highest BCUT2D eigenvalue weighted by Gasteiger charge is 2.37. The quantitative estimate of drug-likeness (QED) is 0.0774. The SMILES string of the molecule is CO[Si](C)(CCCCCCCC[SiH2]C(NCCC[Si](OC)(OC)OC)NCCC[Si](OC)(OC)OC)OC. The Morgan fingerprint density at radius 2 is 0.895 bits per heavy atom. The first-order valence-electron chi connectivity index (χ1n) is 14.2. The molecule has 0 fully saturated rings. The molecule has 10 nitrogen and oxygen atoms in total. The van der Waals surface area contributed by atoms with Gasteiger partial charge in [0.15, 0.2) is 0 Å². The highest BCUT2D eigenvalue weighted by Crippen LogP contribution is 2.18. The third-order valence-corrected chi connectivity index (χ3v) is 18.2. The molecule has 0 atom stereocenters. The molecule has 38 heavy (non-hydrogen) atoms. The number of unbranched alkanes of at least 4 members (excludes halogenated alkanes) is 5. The van der Waals surface area contributed by atoms with Crippen molar-refractivity contribution in [3.63, 3.8) is 0 Å². The van der Waals surface area contributed by atoms with E-state index in [0.29, 0.717) is 5.79 Å². The highest BCUT2D eigenvalue weighted by atomic mass is 28.4. The van der Waals surface area contributed by atoms with Crippen LogP contribution in [-0.2, 0) is 35.4 Å². The number of nitrogens with one attached hydrogen (secondary N) is 2. The second-order valence-corrected chi connectivity index (χ2v) is 21.7. The van der Waals surface area contributed by atoms with Gasteiger partial charge < -0.3 is 46.0 Å². The van der Waals surface area contributed by atoms with Crippen LogP contribution in [0.4, 0.5) is 0 Å². The first kappa shape index (κ1) is 38.5. The van der Waals surface area contributed by atoms with Gasteiger partial charge in [-0.3, -0.25) is 0 Å². The Morgan fingerprint density at radius 1 is 0.500 bits per heavy atom. The number of rotatable bonds is 28. The zero-order chi connectivity index (χ0) is 28.8. The van der Waals surface area contributed by atoms with Crippen LogP contribution >= 0.6 is 0 Å². The summed E-state index contributed by atoms with van der Waals surface area (Å²) >= 11 is 0. The summed E-state index contributed by atoms with van der Waals surface area (Å²) in [4.78, 5) is 0. The van der Waals surface area contributed by atoms with E-state index in [-0.39, 0.29) is 9.52 Å². The van der Waals surface area contributed by atoms with Crippen LogP contribution in [0.3, 0.4) is 0 Å². The largest absolute Gasteiger partial charge is 0.500 e. The van der Waals surface area contributed by atoms with Crippen molar-refractivity contribution in [1.82, 2.24) is 10.6 Å². The lowest BCUT2D eigenvalue weighted by molar-refractivity contribution is 0.122. The highest BCUT2D eigenvalue weighted by molar-refractivity contribution is 6.65. The lowest BCUT2D eigenvalue weighted by atomic mass is 10.1. The lowest BCUT2D eigenvalue weighted by Gasteiger charge is -2.26. The predicted molar refractivity (Wildman–Crippen MR) is 164 cm³/mol. The molecule has 230 valence electrons. The Kier molecular flexibility index (Phi) is 23.4. The van der Waals surface area contributed by atoms with E-state index in [1.54, 1.807) is 56.9 Å². The van der Waals surface area contributed by atoms with Crippen molar-refractivity contribution in [2.75, 3.05) is 70.0 Å². The van der Waals surface area contributed by atoms with E-state index in [0.717, 1.165) is 44.1 Å². The molecule has 0 bridgehead atoms. The molecular formula is C24H60N2O8Si4. The Morgan fingerprint density at radius 3 is 1.29 bits per heavy atom. The van der Waals surface area contributed by atoms with Crippen molar-refractivity contribution < 1.29 is 35.4 Å². The van der Waals surface area contributed by atoms with Crippen LogP contribution in [0, 0.1) is 0 Å². The van der Waals surface area contributed by atoms with Crippen molar-refractivity contribution in [1.29, 1.82) is 0 Å². The van der Waals surface area contributed by atoms with E-state index in [1.807, 2.05) is 0 Å². The molecule has 0 aromatic carbocycles. The molecule has 0 aliphatic heterocycles. The summed E-state index contributed by atoms with van der Waals surface area (Å²) in [6, 6.07) is 4.02. The van der Waals surface area contributed by atoms with E-state index >= 15 is 0 Å². The van der Waals surface area contributed by atoms with Crippen LogP contribution in [0.25, 0.3) is 0 Å². The van der Waals surface area contributed by atoms with Crippen molar-refractivity contribution >= 4 is 35.7 Å². The van der Waals surface area contributed by atoms with Gasteiger partial charge in [-0.15, -0.1) is 0 Å². The normalized spacial score (nSPS) is 13.4. The molecule has 0 amide bonds. The van der Waals surface area contributed by atoms with Gasteiger partial charge in [-0.05, 0) is 38.5 Å². The Hall–Kier alpha value is 0.468. The van der Waals surface area contributed by atoms with Gasteiger partial charge in [-0.2, -0.15) is 0 Å². The minimum absolute atomic E-state index is 0.314. The number of hydrogen-bond acceptors (Lipinski definition) is 10. The van der Waals surface area contributed by atoms with Crippen molar-refractivity contribution in [2.24, 2.45) is 0 Å². The van der Waals surface area contributed by atoms with Crippen LogP contribution in [0.5, 0.6) is 0 Å². The molecule has 0 unspecified atom stereocenters. The molecule has 0 saturated heterocycles. The standard InChI is InChI=1S/C24H60N2O8Si4/c1-27-36(9,28-2)21-15-13-11-10-12-14-20-35-24(25-18-16-22-37(29-3,30-4)31-5)26-19-17-23-38(32-6,33-7)34-8/h24-26H,10-23,35H2,1-9H3. The third kappa shape index (κ3) is 16.0. The summed E-state index contributed by atoms with van der Waals surface area (Å²) in [6.07, 6.45) is 9.62. The van der Waals surface area contributed by atoms with Gasteiger partial charge in [-0.1, -0.05) is 44.6 Å². The maximum Gasteiger partial charge on any atom is 0.500 e. The Balaban J connectivity index is 4.43. The van der Waals surface area contributed by atoms with Gasteiger partial charge in [-0.25, -0.2) is 0 Å². The molecule has 0 spiro atoms. The fraction of sp³-hybridized carbons (Fsp3) is 1.00. The third-order valence-electron chi connectivity index (χ3n) is 7.45. The van der Waals surface area contributed by atoms with E-state index in [2.05, 4.69) is 17.2 Å². The average Bonchev–Trinajstić information content (AvgIpc) is 2.96. The van der Waals surface area contributed by atoms with E-state index < -0.39 is 26.2 Å². The molecule has 0 heterocycles. The van der Waals surface area contributed by atoms with E-state index in [1.165, 1.54) is 44.6 Å². The zero-order valence-electron chi connectivity index (χ0n) is 25.9. The average molecular weight is 617 g/mol. The molecule has 0 aliphatic carbocycles. The molecule has 2 N–H and O–H groups in total. The summed E-state index contributed by atoms with van der Waals surface area (Å²) in [6.45, 7) is 3.97. The van der Waals surface area contributed by atoms with Gasteiger partial charge >= 0.3 is 26.2 Å². The van der Waals surface area contributed by atoms with Gasteiger partial charge in [0.1, 0.15) is 0 Å². The van der Waals surface area contributed by atoms with Crippen LogP contribution < -0.4 is 10.6 Å². The second kappa shape index (κ2) is 23.1. The van der Waals surface area contributed by atoms with E-state index in [9.17, 15) is 0 Å². The lowest BCUT2D eigenvalue weighted by Crippen LogP contribution is -2.49. The minimum Gasteiger partial charge on any atom is -0.398 e. The van der Waals surface area contributed by atoms with Crippen LogP contribution in [0.1, 0.15) is 51.4 Å². The fourth-order valence-corrected chi connectivity index (χ4v) is 11.3. The molecule has 0 rings (SSSR count). The van der Waals surface area contributed by atoms with Gasteiger partial charge in [0.2, 0.25) is 0 Å². The van der Waals surface area contributed by atoms with Gasteiger partial charge in [0.05, 0.1) is 9.52 Å². The summed E-state index contributed by atoms with van der Waals surface area (Å²) in [5, 5.41) is 7.50. The topological polar surface area (TPSA) is 97.9 Å². The second-order valence-electron chi connectivity index (χ2n) is 9.81. The molecular weight excluding hydrogens is 557 g/mol. The Bertz CT molecular complexity index is 501. The van der Waals surface area contributed by atoms with Crippen LogP contribution in [-0.4, -0.2) is 111 Å². The molecule has 14 heteroatoms. The van der Waals surface area contributed by atoms with Crippen LogP contribution in [0.15, 0.2) is 0 Å². The minimum atomic E-state index is -2.52. The molecule has 0 saturated carbocycles. The molecule has 0 aromatic heterocycles. The summed E-state index contributed by atoms with van der Waals surface area (Å²) < 4.78 is 44.5. The first-order chi connectivity index (χ1) is 18.3. The smallest absolute Gasteiger partial charge is 0.398 e. The van der Waals surface area contributed by atoms with Crippen molar-refractivity contribution in [3.8, 4) is 0 Å². The molecule has 0 aromatic rings. The Labute approximate surface area is 239 Å². The van der Waals surface area contributed by atoms with E-state index in [4.69, 9.17) is 35.4 Å². The van der Waals surface area contributed by atoms with Gasteiger partial charge in [0, 0.05) is 74.8 Å². The number of hydrogen-bond donors (Lipinski definition) is 2. The summed E-state index contributed by atoms with van der Waals surface area (Å²) in [5.41, 5.74) is 0.